The van der Waals surface area contributed by atoms with Gasteiger partial charge in [-0.15, -0.1) is 0 Å². The van der Waals surface area contributed by atoms with Crippen LogP contribution in [0.25, 0.3) is 0 Å². The van der Waals surface area contributed by atoms with Crippen molar-refractivity contribution in [2.45, 2.75) is 105 Å². The van der Waals surface area contributed by atoms with Crippen molar-refractivity contribution in [3.05, 3.63) is 0 Å². The van der Waals surface area contributed by atoms with E-state index in [1.807, 2.05) is 13.8 Å². The zero-order valence-electron chi connectivity index (χ0n) is 22.3. The molecule has 5 aliphatic carbocycles. The number of aliphatic hydroxyl groups is 2. The number of fused-ring (bicyclic) bond motifs is 7. The second-order valence-corrected chi connectivity index (χ2v) is 14.3. The number of carboxylic acids is 1. The van der Waals surface area contributed by atoms with E-state index in [2.05, 4.69) is 20.8 Å². The minimum Gasteiger partial charge on any atom is -0.481 e. The lowest BCUT2D eigenvalue weighted by Gasteiger charge is -2.74. The van der Waals surface area contributed by atoms with E-state index >= 15 is 0 Å². The van der Waals surface area contributed by atoms with Crippen molar-refractivity contribution < 1.29 is 29.7 Å². The van der Waals surface area contributed by atoms with Crippen LogP contribution < -0.4 is 0 Å². The number of hydrogen-bond donors (Lipinski definition) is 3. The van der Waals surface area contributed by atoms with Crippen molar-refractivity contribution in [3.63, 3.8) is 0 Å². The fraction of sp³-hybridized carbons (Fsp3) is 0.897. The van der Waals surface area contributed by atoms with Gasteiger partial charge in [0.25, 0.3) is 0 Å². The zero-order valence-corrected chi connectivity index (χ0v) is 22.3. The van der Waals surface area contributed by atoms with Gasteiger partial charge in [0.2, 0.25) is 0 Å². The summed E-state index contributed by atoms with van der Waals surface area (Å²) in [6, 6.07) is 0. The van der Waals surface area contributed by atoms with E-state index in [-0.39, 0.29) is 46.6 Å². The van der Waals surface area contributed by atoms with Crippen LogP contribution in [0.3, 0.4) is 0 Å². The monoisotopic (exact) mass is 488 g/mol. The molecule has 6 nitrogen and oxygen atoms in total. The van der Waals surface area contributed by atoms with E-state index in [1.165, 1.54) is 0 Å². The number of hydrogen-bond acceptors (Lipinski definition) is 5. The highest BCUT2D eigenvalue weighted by Gasteiger charge is 2.76. The summed E-state index contributed by atoms with van der Waals surface area (Å²) < 4.78 is 0. The Labute approximate surface area is 209 Å². The third-order valence-corrected chi connectivity index (χ3v) is 13.2. The first kappa shape index (κ1) is 25.4. The fourth-order valence-electron chi connectivity index (χ4n) is 11.2. The minimum absolute atomic E-state index is 0.0164. The number of aliphatic hydroxyl groups excluding tert-OH is 2. The Hall–Kier alpha value is -1.27. The molecule has 0 bridgehead atoms. The lowest BCUT2D eigenvalue weighted by atomic mass is 9.31. The van der Waals surface area contributed by atoms with E-state index in [0.29, 0.717) is 51.4 Å². The smallest absolute Gasteiger partial charge is 0.309 e. The molecule has 0 aliphatic heterocycles. The van der Waals surface area contributed by atoms with Crippen LogP contribution in [0, 0.1) is 56.7 Å². The van der Waals surface area contributed by atoms with Gasteiger partial charge in [-0.3, -0.25) is 14.4 Å². The van der Waals surface area contributed by atoms with Crippen molar-refractivity contribution in [1.82, 2.24) is 0 Å². The molecule has 11 atom stereocenters. The Bertz CT molecular complexity index is 972. The average Bonchev–Trinajstić information content (AvgIpc) is 3.16. The predicted molar refractivity (Wildman–Crippen MR) is 130 cm³/mol. The van der Waals surface area contributed by atoms with Crippen LogP contribution in [0.4, 0.5) is 0 Å². The molecule has 6 heteroatoms. The van der Waals surface area contributed by atoms with Crippen molar-refractivity contribution in [1.29, 1.82) is 0 Å². The van der Waals surface area contributed by atoms with Crippen molar-refractivity contribution in [2.24, 2.45) is 56.7 Å². The first-order chi connectivity index (χ1) is 16.1. The second-order valence-electron chi connectivity index (χ2n) is 14.3. The van der Waals surface area contributed by atoms with E-state index < -0.39 is 39.8 Å². The van der Waals surface area contributed by atoms with Gasteiger partial charge < -0.3 is 15.3 Å². The summed E-state index contributed by atoms with van der Waals surface area (Å²) in [5.74, 6) is -1.49. The Morgan fingerprint density at radius 2 is 1.60 bits per heavy atom. The normalized spacial score (nSPS) is 54.7. The Morgan fingerprint density at radius 3 is 2.20 bits per heavy atom. The molecular weight excluding hydrogens is 444 g/mol. The zero-order chi connectivity index (χ0) is 25.9. The topological polar surface area (TPSA) is 112 Å². The standard InChI is InChI=1S/C29H44O6/c1-15(30)16-7-10-29(24(34)35)12-11-27(5)17(22(16)29)13-18(31)23-26(4)9-8-20(32)25(2,3)19(26)14-21(33)28(23,27)6/h16-19,21-23,31,33H,7-14H2,1-6H3,(H,34,35)/t16-,17+,18+,19-,21-,22+,23+,26-,27+,28+,29-/m0/s1. The molecule has 0 unspecified atom stereocenters. The molecule has 3 N–H and O–H groups in total. The van der Waals surface area contributed by atoms with E-state index in [0.717, 1.165) is 0 Å². The highest BCUT2D eigenvalue weighted by molar-refractivity contribution is 5.85. The number of carboxylic acid groups (broad SMARTS) is 1. The molecule has 0 amide bonds. The van der Waals surface area contributed by atoms with Crippen molar-refractivity contribution in [2.75, 3.05) is 0 Å². The van der Waals surface area contributed by atoms with E-state index in [4.69, 9.17) is 0 Å². The molecule has 0 aromatic carbocycles. The molecule has 5 saturated carbocycles. The highest BCUT2D eigenvalue weighted by atomic mass is 16.4. The summed E-state index contributed by atoms with van der Waals surface area (Å²) >= 11 is 0. The SMILES string of the molecule is CC(=O)[C@@H]1CC[C@]2(C(=O)O)CC[C@]3(C)[C@H](C[C@@H](O)[C@@H]4[C@@]5(C)CCC(=O)C(C)(C)[C@@H]5C[C@H](O)[C@]43C)[C@@H]12. The lowest BCUT2D eigenvalue weighted by molar-refractivity contribution is -0.297. The first-order valence-corrected chi connectivity index (χ1v) is 13.7. The van der Waals surface area contributed by atoms with Gasteiger partial charge in [-0.05, 0) is 86.4 Å². The third-order valence-electron chi connectivity index (χ3n) is 13.2. The molecule has 0 aromatic heterocycles. The summed E-state index contributed by atoms with van der Waals surface area (Å²) in [7, 11) is 0. The highest BCUT2D eigenvalue weighted by Crippen LogP contribution is 2.77. The number of rotatable bonds is 2. The maximum Gasteiger partial charge on any atom is 0.309 e. The molecule has 0 radical (unpaired) electrons. The summed E-state index contributed by atoms with van der Waals surface area (Å²) in [4.78, 5) is 38.4. The number of ketones is 2. The van der Waals surface area contributed by atoms with Gasteiger partial charge in [-0.1, -0.05) is 34.6 Å². The fourth-order valence-corrected chi connectivity index (χ4v) is 11.2. The quantitative estimate of drug-likeness (QED) is 0.536. The van der Waals surface area contributed by atoms with Gasteiger partial charge in [-0.2, -0.15) is 0 Å². The Balaban J connectivity index is 1.65. The van der Waals surface area contributed by atoms with Crippen LogP contribution in [0.1, 0.15) is 92.9 Å². The average molecular weight is 489 g/mol. The molecule has 0 aromatic rings. The van der Waals surface area contributed by atoms with Gasteiger partial charge >= 0.3 is 5.97 Å². The second kappa shape index (κ2) is 7.40. The Kier molecular flexibility index (Phi) is 5.37. The molecule has 0 saturated heterocycles. The number of aliphatic carboxylic acids is 1. The van der Waals surface area contributed by atoms with Crippen LogP contribution in [0.15, 0.2) is 0 Å². The number of Topliss-reactive ketones (excluding diaryl/α,β-unsaturated/α-hetero) is 2. The van der Waals surface area contributed by atoms with Crippen LogP contribution in [-0.4, -0.2) is 45.1 Å². The third kappa shape index (κ3) is 2.82. The molecule has 196 valence electrons. The molecule has 0 spiro atoms. The van der Waals surface area contributed by atoms with Gasteiger partial charge in [0, 0.05) is 23.2 Å². The van der Waals surface area contributed by atoms with Crippen molar-refractivity contribution >= 4 is 17.5 Å². The predicted octanol–water partition coefficient (Wildman–Crippen LogP) is 4.25. The Morgan fingerprint density at radius 1 is 0.943 bits per heavy atom. The van der Waals surface area contributed by atoms with Crippen LogP contribution in [0.2, 0.25) is 0 Å². The molecule has 5 fully saturated rings. The molecule has 5 aliphatic rings. The van der Waals surface area contributed by atoms with E-state index in [1.54, 1.807) is 6.92 Å². The van der Waals surface area contributed by atoms with Crippen LogP contribution in [-0.2, 0) is 14.4 Å². The minimum atomic E-state index is -0.922. The summed E-state index contributed by atoms with van der Waals surface area (Å²) in [5.41, 5.74) is -2.81. The summed E-state index contributed by atoms with van der Waals surface area (Å²) in [6.07, 6.45) is 3.06. The lowest BCUT2D eigenvalue weighted by Crippen LogP contribution is -2.73. The van der Waals surface area contributed by atoms with Gasteiger partial charge in [0.1, 0.15) is 11.6 Å². The van der Waals surface area contributed by atoms with E-state index in [9.17, 15) is 29.7 Å². The van der Waals surface area contributed by atoms with Gasteiger partial charge in [0.05, 0.1) is 17.6 Å². The van der Waals surface area contributed by atoms with Crippen molar-refractivity contribution in [3.8, 4) is 0 Å². The molecule has 35 heavy (non-hydrogen) atoms. The van der Waals surface area contributed by atoms with Crippen LogP contribution in [0.5, 0.6) is 0 Å². The molecule has 5 rings (SSSR count). The first-order valence-electron chi connectivity index (χ1n) is 13.7. The molecular formula is C29H44O6. The largest absolute Gasteiger partial charge is 0.481 e. The summed E-state index contributed by atoms with van der Waals surface area (Å²) in [5, 5.41) is 34.3. The van der Waals surface area contributed by atoms with Crippen LogP contribution >= 0.6 is 0 Å². The maximum absolute atomic E-state index is 12.9. The van der Waals surface area contributed by atoms with Gasteiger partial charge in [0.15, 0.2) is 0 Å². The summed E-state index contributed by atoms with van der Waals surface area (Å²) in [6.45, 7) is 12.2. The maximum atomic E-state index is 12.9. The molecule has 0 heterocycles. The van der Waals surface area contributed by atoms with Gasteiger partial charge in [-0.25, -0.2) is 0 Å². The number of carbonyl (C=O) groups is 3. The number of carbonyl (C=O) groups excluding carboxylic acids is 2.